The molecule has 0 spiro atoms. The van der Waals surface area contributed by atoms with Crippen molar-refractivity contribution in [3.63, 3.8) is 0 Å². The largest absolute Gasteiger partial charge is 0.314 e. The molecular formula is C13H30N2. The second-order valence-corrected chi connectivity index (χ2v) is 5.41. The Hall–Kier alpha value is -0.0800. The minimum atomic E-state index is 0.219. The van der Waals surface area contributed by atoms with Crippen LogP contribution in [-0.2, 0) is 0 Å². The van der Waals surface area contributed by atoms with Crippen LogP contribution >= 0.6 is 0 Å². The Kier molecular flexibility index (Phi) is 7.20. The molecule has 0 unspecified atom stereocenters. The fraction of sp³-hybridized carbons (Fsp3) is 1.00. The lowest BCUT2D eigenvalue weighted by Gasteiger charge is -2.35. The van der Waals surface area contributed by atoms with E-state index in [1.165, 1.54) is 25.8 Å². The van der Waals surface area contributed by atoms with Gasteiger partial charge in [0, 0.05) is 18.1 Å². The average molecular weight is 214 g/mol. The van der Waals surface area contributed by atoms with Crippen molar-refractivity contribution in [3.05, 3.63) is 0 Å². The predicted octanol–water partition coefficient (Wildman–Crippen LogP) is 2.89. The van der Waals surface area contributed by atoms with Crippen LogP contribution in [0.5, 0.6) is 0 Å². The quantitative estimate of drug-likeness (QED) is 0.625. The molecule has 0 radical (unpaired) electrons. The summed E-state index contributed by atoms with van der Waals surface area (Å²) in [6.07, 6.45) is 3.99. The van der Waals surface area contributed by atoms with Gasteiger partial charge in [0.2, 0.25) is 0 Å². The van der Waals surface area contributed by atoms with Gasteiger partial charge in [0.15, 0.2) is 0 Å². The summed E-state index contributed by atoms with van der Waals surface area (Å²) in [5.41, 5.74) is 0.219. The molecule has 2 heteroatoms. The molecule has 15 heavy (non-hydrogen) atoms. The molecule has 0 fully saturated rings. The molecule has 0 aliphatic heterocycles. The minimum absolute atomic E-state index is 0.219. The zero-order valence-electron chi connectivity index (χ0n) is 11.6. The highest BCUT2D eigenvalue weighted by Crippen LogP contribution is 2.10. The molecule has 0 aromatic heterocycles. The molecule has 0 bridgehead atoms. The van der Waals surface area contributed by atoms with Crippen molar-refractivity contribution >= 4 is 0 Å². The van der Waals surface area contributed by atoms with Gasteiger partial charge in [-0.2, -0.15) is 0 Å². The highest BCUT2D eigenvalue weighted by atomic mass is 15.2. The molecule has 0 atom stereocenters. The molecule has 0 amide bonds. The van der Waals surface area contributed by atoms with Gasteiger partial charge in [0.1, 0.15) is 0 Å². The summed E-state index contributed by atoms with van der Waals surface area (Å²) in [6, 6.07) is 0.648. The van der Waals surface area contributed by atoms with Crippen molar-refractivity contribution in [2.45, 2.75) is 65.5 Å². The van der Waals surface area contributed by atoms with Crippen LogP contribution in [-0.4, -0.2) is 36.6 Å². The van der Waals surface area contributed by atoms with E-state index < -0.39 is 0 Å². The van der Waals surface area contributed by atoms with Crippen molar-refractivity contribution < 1.29 is 0 Å². The van der Waals surface area contributed by atoms with Crippen LogP contribution in [0.25, 0.3) is 0 Å². The summed E-state index contributed by atoms with van der Waals surface area (Å²) < 4.78 is 0. The van der Waals surface area contributed by atoms with Crippen molar-refractivity contribution in [1.82, 2.24) is 10.2 Å². The first-order chi connectivity index (χ1) is 6.93. The van der Waals surface area contributed by atoms with E-state index in [1.807, 2.05) is 7.05 Å². The molecule has 0 aromatic carbocycles. The maximum Gasteiger partial charge on any atom is 0.0249 e. The lowest BCUT2D eigenvalue weighted by molar-refractivity contribution is 0.166. The van der Waals surface area contributed by atoms with E-state index in [0.717, 1.165) is 6.54 Å². The van der Waals surface area contributed by atoms with Gasteiger partial charge in [-0.05, 0) is 47.7 Å². The van der Waals surface area contributed by atoms with E-state index >= 15 is 0 Å². The zero-order valence-corrected chi connectivity index (χ0v) is 11.6. The number of nitrogens with one attached hydrogen (secondary N) is 1. The number of rotatable bonds is 8. The van der Waals surface area contributed by atoms with E-state index in [4.69, 9.17) is 0 Å². The van der Waals surface area contributed by atoms with Gasteiger partial charge >= 0.3 is 0 Å². The lowest BCUT2D eigenvalue weighted by atomic mass is 10.0. The summed E-state index contributed by atoms with van der Waals surface area (Å²) in [6.45, 7) is 13.7. The summed E-state index contributed by atoms with van der Waals surface area (Å²) in [4.78, 5) is 2.58. The number of hydrogen-bond donors (Lipinski definition) is 1. The first-order valence-corrected chi connectivity index (χ1v) is 6.36. The Morgan fingerprint density at radius 3 is 2.20 bits per heavy atom. The maximum atomic E-state index is 3.38. The molecule has 0 saturated heterocycles. The van der Waals surface area contributed by atoms with Crippen molar-refractivity contribution in [2.24, 2.45) is 0 Å². The minimum Gasteiger partial charge on any atom is -0.314 e. The molecule has 92 valence electrons. The Balaban J connectivity index is 4.04. The average Bonchev–Trinajstić information content (AvgIpc) is 2.16. The first kappa shape index (κ1) is 14.9. The Labute approximate surface area is 96.4 Å². The summed E-state index contributed by atoms with van der Waals surface area (Å²) in [5.74, 6) is 0. The molecule has 0 aromatic rings. The highest BCUT2D eigenvalue weighted by Gasteiger charge is 2.20. The molecule has 0 aliphatic rings. The SMILES string of the molecule is CCCCCN(CC(C)(C)NC)C(C)C. The van der Waals surface area contributed by atoms with Crippen LogP contribution in [0.15, 0.2) is 0 Å². The van der Waals surface area contributed by atoms with E-state index in [9.17, 15) is 0 Å². The predicted molar refractivity (Wildman–Crippen MR) is 69.4 cm³/mol. The van der Waals surface area contributed by atoms with Gasteiger partial charge in [-0.25, -0.2) is 0 Å². The monoisotopic (exact) mass is 214 g/mol. The smallest absolute Gasteiger partial charge is 0.0249 e. The zero-order chi connectivity index (χ0) is 11.9. The van der Waals surface area contributed by atoms with Crippen LogP contribution in [0.2, 0.25) is 0 Å². The fourth-order valence-corrected chi connectivity index (χ4v) is 1.67. The third kappa shape index (κ3) is 6.91. The lowest BCUT2D eigenvalue weighted by Crippen LogP contribution is -2.49. The molecule has 0 saturated carbocycles. The van der Waals surface area contributed by atoms with Crippen molar-refractivity contribution in [1.29, 1.82) is 0 Å². The van der Waals surface area contributed by atoms with E-state index in [1.54, 1.807) is 0 Å². The third-order valence-electron chi connectivity index (χ3n) is 3.05. The Bertz CT molecular complexity index is 153. The molecular weight excluding hydrogens is 184 g/mol. The molecule has 0 rings (SSSR count). The van der Waals surface area contributed by atoms with Gasteiger partial charge in [-0.1, -0.05) is 19.8 Å². The molecule has 1 N–H and O–H groups in total. The number of nitrogens with zero attached hydrogens (tertiary/aromatic N) is 1. The Morgan fingerprint density at radius 1 is 1.20 bits per heavy atom. The molecule has 2 nitrogen and oxygen atoms in total. The second-order valence-electron chi connectivity index (χ2n) is 5.41. The molecule has 0 heterocycles. The van der Waals surface area contributed by atoms with E-state index in [-0.39, 0.29) is 5.54 Å². The van der Waals surface area contributed by atoms with Gasteiger partial charge < -0.3 is 5.32 Å². The van der Waals surface area contributed by atoms with Crippen LogP contribution in [0.4, 0.5) is 0 Å². The van der Waals surface area contributed by atoms with Crippen LogP contribution < -0.4 is 5.32 Å². The number of likely N-dealkylation sites (N-methyl/N-ethyl adjacent to an activating group) is 1. The van der Waals surface area contributed by atoms with Gasteiger partial charge in [-0.3, -0.25) is 4.90 Å². The standard InChI is InChI=1S/C13H30N2/c1-7-8-9-10-15(12(2)3)11-13(4,5)14-6/h12,14H,7-11H2,1-6H3. The van der Waals surface area contributed by atoms with Gasteiger partial charge in [-0.15, -0.1) is 0 Å². The first-order valence-electron chi connectivity index (χ1n) is 6.36. The van der Waals surface area contributed by atoms with E-state index in [0.29, 0.717) is 6.04 Å². The third-order valence-corrected chi connectivity index (χ3v) is 3.05. The van der Waals surface area contributed by atoms with Crippen LogP contribution in [0.1, 0.15) is 53.9 Å². The highest BCUT2D eigenvalue weighted by molar-refractivity contribution is 4.81. The Morgan fingerprint density at radius 2 is 1.80 bits per heavy atom. The topological polar surface area (TPSA) is 15.3 Å². The maximum absolute atomic E-state index is 3.38. The van der Waals surface area contributed by atoms with Gasteiger partial charge in [0.25, 0.3) is 0 Å². The fourth-order valence-electron chi connectivity index (χ4n) is 1.67. The van der Waals surface area contributed by atoms with Crippen LogP contribution in [0, 0.1) is 0 Å². The van der Waals surface area contributed by atoms with Crippen molar-refractivity contribution in [2.75, 3.05) is 20.1 Å². The molecule has 0 aliphatic carbocycles. The summed E-state index contributed by atoms with van der Waals surface area (Å²) in [7, 11) is 2.05. The van der Waals surface area contributed by atoms with Crippen LogP contribution in [0.3, 0.4) is 0 Å². The van der Waals surface area contributed by atoms with Crippen molar-refractivity contribution in [3.8, 4) is 0 Å². The number of unbranched alkanes of at least 4 members (excludes halogenated alkanes) is 2. The summed E-state index contributed by atoms with van der Waals surface area (Å²) >= 11 is 0. The number of hydrogen-bond acceptors (Lipinski definition) is 2. The second kappa shape index (κ2) is 7.24. The van der Waals surface area contributed by atoms with E-state index in [2.05, 4.69) is 44.8 Å². The summed E-state index contributed by atoms with van der Waals surface area (Å²) in [5, 5.41) is 3.38. The normalized spacial score (nSPS) is 12.8. The van der Waals surface area contributed by atoms with Gasteiger partial charge in [0.05, 0.1) is 0 Å².